The molecular formula is C25H25FN2O3. The van der Waals surface area contributed by atoms with Crippen LogP contribution in [0.15, 0.2) is 71.7 Å². The summed E-state index contributed by atoms with van der Waals surface area (Å²) >= 11 is 0. The maximum atomic E-state index is 13.0. The van der Waals surface area contributed by atoms with E-state index in [9.17, 15) is 14.4 Å². The van der Waals surface area contributed by atoms with Gasteiger partial charge in [-0.2, -0.15) is 0 Å². The lowest BCUT2D eigenvalue weighted by atomic mass is 10.1. The molecule has 2 aromatic carbocycles. The van der Waals surface area contributed by atoms with Gasteiger partial charge < -0.3 is 14.6 Å². The number of nitrogens with zero attached hydrogens (tertiary/aromatic N) is 2. The van der Waals surface area contributed by atoms with Crippen molar-refractivity contribution in [3.63, 3.8) is 0 Å². The van der Waals surface area contributed by atoms with E-state index < -0.39 is 0 Å². The molecule has 1 fully saturated rings. The number of rotatable bonds is 7. The molecule has 1 aliphatic rings. The lowest BCUT2D eigenvalue weighted by Gasteiger charge is -2.38. The predicted molar refractivity (Wildman–Crippen MR) is 120 cm³/mol. The maximum absolute atomic E-state index is 13.0. The molecule has 2 heterocycles. The average Bonchev–Trinajstić information content (AvgIpc) is 3.20. The average molecular weight is 420 g/mol. The van der Waals surface area contributed by atoms with Gasteiger partial charge in [0.2, 0.25) is 0 Å². The molecule has 4 rings (SSSR count). The molecule has 0 aliphatic carbocycles. The molecule has 0 atom stereocenters. The highest BCUT2D eigenvalue weighted by molar-refractivity contribution is 5.69. The number of hydrogen-bond donors (Lipinski definition) is 0. The molecule has 6 heteroatoms. The zero-order chi connectivity index (χ0) is 21.7. The van der Waals surface area contributed by atoms with Crippen LogP contribution in [-0.2, 0) is 0 Å². The third kappa shape index (κ3) is 5.48. The lowest BCUT2D eigenvalue weighted by molar-refractivity contribution is -0.868. The van der Waals surface area contributed by atoms with Crippen LogP contribution in [0.4, 0.5) is 4.39 Å². The van der Waals surface area contributed by atoms with E-state index in [1.54, 1.807) is 29.0 Å². The van der Waals surface area contributed by atoms with Gasteiger partial charge in [0.15, 0.2) is 0 Å². The number of benzene rings is 2. The Morgan fingerprint density at radius 3 is 2.32 bits per heavy atom. The SMILES string of the molecule is O=c1cc(C=Cc2ccc(F)cc2)ccn1-c1ccc(OCC[N+]2([O-])CCCC2)cc1. The summed E-state index contributed by atoms with van der Waals surface area (Å²) in [7, 11) is 0. The number of hydroxylamine groups is 3. The largest absolute Gasteiger partial charge is 0.633 e. The molecule has 1 aromatic heterocycles. The first-order chi connectivity index (χ1) is 15.0. The Hall–Kier alpha value is -3.22. The highest BCUT2D eigenvalue weighted by Gasteiger charge is 2.22. The molecule has 5 nitrogen and oxygen atoms in total. The highest BCUT2D eigenvalue weighted by Crippen LogP contribution is 2.19. The standard InChI is InChI=1S/C25H25FN2O3/c26-22-7-5-20(6-8-22)3-4-21-13-14-27(25(29)19-21)23-9-11-24(12-10-23)31-18-17-28(30)15-1-2-16-28/h3-14,19H,1-2,15-18H2. The van der Waals surface area contributed by atoms with Crippen molar-refractivity contribution >= 4 is 12.2 Å². The fraction of sp³-hybridized carbons (Fsp3) is 0.240. The molecule has 0 bridgehead atoms. The highest BCUT2D eigenvalue weighted by atomic mass is 19.1. The van der Waals surface area contributed by atoms with E-state index in [0.717, 1.165) is 29.7 Å². The summed E-state index contributed by atoms with van der Waals surface area (Å²) in [5.74, 6) is 0.403. The normalized spacial score (nSPS) is 15.4. The van der Waals surface area contributed by atoms with Gasteiger partial charge in [0, 0.05) is 30.8 Å². The van der Waals surface area contributed by atoms with Crippen LogP contribution in [-0.4, -0.2) is 35.5 Å². The Morgan fingerprint density at radius 1 is 0.968 bits per heavy atom. The summed E-state index contributed by atoms with van der Waals surface area (Å²) in [5, 5.41) is 12.3. The quantitative estimate of drug-likeness (QED) is 0.414. The van der Waals surface area contributed by atoms with Gasteiger partial charge in [0.25, 0.3) is 5.56 Å². The van der Waals surface area contributed by atoms with Crippen molar-refractivity contribution < 1.29 is 13.8 Å². The van der Waals surface area contributed by atoms with Gasteiger partial charge in [-0.1, -0.05) is 24.3 Å². The molecule has 0 N–H and O–H groups in total. The van der Waals surface area contributed by atoms with Crippen LogP contribution < -0.4 is 10.3 Å². The number of halogens is 1. The molecular weight excluding hydrogens is 395 g/mol. The summed E-state index contributed by atoms with van der Waals surface area (Å²) in [4.78, 5) is 12.5. The molecule has 0 radical (unpaired) electrons. The zero-order valence-corrected chi connectivity index (χ0v) is 17.2. The first-order valence-corrected chi connectivity index (χ1v) is 10.5. The van der Waals surface area contributed by atoms with Gasteiger partial charge in [0.05, 0.1) is 13.1 Å². The van der Waals surface area contributed by atoms with Gasteiger partial charge in [-0.25, -0.2) is 4.39 Å². The number of likely N-dealkylation sites (tertiary alicyclic amines) is 1. The van der Waals surface area contributed by atoms with Crippen LogP contribution in [0, 0.1) is 11.0 Å². The minimum absolute atomic E-state index is 0.151. The second-order valence-electron chi connectivity index (χ2n) is 7.83. The topological polar surface area (TPSA) is 54.3 Å². The van der Waals surface area contributed by atoms with Crippen molar-refractivity contribution in [2.75, 3.05) is 26.2 Å². The molecule has 0 unspecified atom stereocenters. The summed E-state index contributed by atoms with van der Waals surface area (Å²) in [6.07, 6.45) is 7.37. The van der Waals surface area contributed by atoms with Gasteiger partial charge in [-0.15, -0.1) is 0 Å². The minimum Gasteiger partial charge on any atom is -0.633 e. The molecule has 160 valence electrons. The van der Waals surface area contributed by atoms with Gasteiger partial charge in [-0.05, 0) is 53.6 Å². The summed E-state index contributed by atoms with van der Waals surface area (Å²) in [6.45, 7) is 2.21. The van der Waals surface area contributed by atoms with Crippen LogP contribution in [0.5, 0.6) is 5.75 Å². The Kier molecular flexibility index (Phi) is 6.30. The minimum atomic E-state index is -0.279. The fourth-order valence-corrected chi connectivity index (χ4v) is 3.75. The molecule has 1 aliphatic heterocycles. The van der Waals surface area contributed by atoms with Crippen molar-refractivity contribution in [1.82, 2.24) is 4.57 Å². The van der Waals surface area contributed by atoms with Crippen molar-refractivity contribution in [3.8, 4) is 11.4 Å². The van der Waals surface area contributed by atoms with Crippen LogP contribution >= 0.6 is 0 Å². The molecule has 3 aromatic rings. The Labute approximate surface area is 180 Å². The summed E-state index contributed by atoms with van der Waals surface area (Å²) < 4.78 is 20.1. The maximum Gasteiger partial charge on any atom is 0.255 e. The fourth-order valence-electron chi connectivity index (χ4n) is 3.75. The smallest absolute Gasteiger partial charge is 0.255 e. The summed E-state index contributed by atoms with van der Waals surface area (Å²) in [5.41, 5.74) is 2.21. The lowest BCUT2D eigenvalue weighted by Crippen LogP contribution is -2.42. The monoisotopic (exact) mass is 420 g/mol. The van der Waals surface area contributed by atoms with E-state index in [1.807, 2.05) is 42.5 Å². The number of pyridine rings is 1. The first kappa shape index (κ1) is 21.0. The zero-order valence-electron chi connectivity index (χ0n) is 17.2. The van der Waals surface area contributed by atoms with Crippen LogP contribution in [0.25, 0.3) is 17.8 Å². The molecule has 31 heavy (non-hydrogen) atoms. The van der Waals surface area contributed by atoms with E-state index in [2.05, 4.69) is 0 Å². The van der Waals surface area contributed by atoms with Gasteiger partial charge in [-0.3, -0.25) is 9.36 Å². The third-order valence-electron chi connectivity index (χ3n) is 5.55. The number of quaternary nitrogens is 1. The van der Waals surface area contributed by atoms with E-state index in [0.29, 0.717) is 32.0 Å². The van der Waals surface area contributed by atoms with Crippen LogP contribution in [0.2, 0.25) is 0 Å². The van der Waals surface area contributed by atoms with E-state index in [-0.39, 0.29) is 16.0 Å². The molecule has 0 amide bonds. The first-order valence-electron chi connectivity index (χ1n) is 10.5. The van der Waals surface area contributed by atoms with Crippen molar-refractivity contribution in [2.24, 2.45) is 0 Å². The molecule has 1 saturated heterocycles. The van der Waals surface area contributed by atoms with E-state index in [4.69, 9.17) is 4.74 Å². The van der Waals surface area contributed by atoms with E-state index in [1.165, 1.54) is 12.1 Å². The summed E-state index contributed by atoms with van der Waals surface area (Å²) in [6, 6.07) is 16.8. The molecule has 0 spiro atoms. The van der Waals surface area contributed by atoms with Crippen molar-refractivity contribution in [2.45, 2.75) is 12.8 Å². The van der Waals surface area contributed by atoms with Crippen LogP contribution in [0.3, 0.4) is 0 Å². The Bertz CT molecular complexity index is 1100. The number of ether oxygens (including phenoxy) is 1. The van der Waals surface area contributed by atoms with E-state index >= 15 is 0 Å². The number of hydrogen-bond acceptors (Lipinski definition) is 3. The van der Waals surface area contributed by atoms with Gasteiger partial charge >= 0.3 is 0 Å². The second kappa shape index (κ2) is 9.29. The third-order valence-corrected chi connectivity index (χ3v) is 5.55. The van der Waals surface area contributed by atoms with Gasteiger partial charge in [0.1, 0.15) is 24.7 Å². The predicted octanol–water partition coefficient (Wildman–Crippen LogP) is 4.63. The number of aromatic nitrogens is 1. The van der Waals surface area contributed by atoms with Crippen molar-refractivity contribution in [1.29, 1.82) is 0 Å². The Morgan fingerprint density at radius 2 is 1.65 bits per heavy atom. The van der Waals surface area contributed by atoms with Crippen molar-refractivity contribution in [3.05, 3.63) is 99.4 Å². The second-order valence-corrected chi connectivity index (χ2v) is 7.83. The molecule has 0 saturated carbocycles. The Balaban J connectivity index is 1.38. The van der Waals surface area contributed by atoms with Crippen LogP contribution in [0.1, 0.15) is 24.0 Å².